The molecule has 34 heavy (non-hydrogen) atoms. The molecule has 1 aliphatic rings. The Morgan fingerprint density at radius 1 is 0.882 bits per heavy atom. The summed E-state index contributed by atoms with van der Waals surface area (Å²) in [5.74, 6) is 0.0767. The van der Waals surface area contributed by atoms with Crippen LogP contribution in [0.1, 0.15) is 41.9 Å². The second kappa shape index (κ2) is 11.0. The van der Waals surface area contributed by atoms with Crippen molar-refractivity contribution in [2.75, 3.05) is 19.6 Å². The van der Waals surface area contributed by atoms with E-state index in [4.69, 9.17) is 0 Å². The van der Waals surface area contributed by atoms with E-state index in [1.807, 2.05) is 55.5 Å². The van der Waals surface area contributed by atoms with E-state index >= 15 is 0 Å². The molecule has 0 radical (unpaired) electrons. The zero-order chi connectivity index (χ0) is 24.0. The predicted octanol–water partition coefficient (Wildman–Crippen LogP) is 4.73. The van der Waals surface area contributed by atoms with Gasteiger partial charge in [-0.2, -0.15) is 4.31 Å². The van der Waals surface area contributed by atoms with E-state index in [1.54, 1.807) is 12.1 Å². The molecule has 1 saturated heterocycles. The average molecular weight is 477 g/mol. The Labute approximate surface area is 202 Å². The van der Waals surface area contributed by atoms with Gasteiger partial charge in [-0.05, 0) is 49.4 Å². The van der Waals surface area contributed by atoms with Gasteiger partial charge in [0, 0.05) is 31.5 Å². The summed E-state index contributed by atoms with van der Waals surface area (Å²) >= 11 is 0. The molecule has 4 rings (SSSR count). The molecule has 0 atom stereocenters. The van der Waals surface area contributed by atoms with Gasteiger partial charge in [-0.3, -0.25) is 4.79 Å². The minimum Gasteiger partial charge on any atom is -0.356 e. The first-order valence-corrected chi connectivity index (χ1v) is 13.3. The van der Waals surface area contributed by atoms with E-state index in [9.17, 15) is 13.2 Å². The van der Waals surface area contributed by atoms with Gasteiger partial charge in [-0.1, -0.05) is 78.4 Å². The lowest BCUT2D eigenvalue weighted by Gasteiger charge is -2.30. The van der Waals surface area contributed by atoms with Crippen LogP contribution in [-0.4, -0.2) is 38.3 Å². The Bertz CT molecular complexity index is 1130. The maximum atomic E-state index is 12.9. The number of hydrogen-bond acceptors (Lipinski definition) is 3. The molecule has 1 fully saturated rings. The molecule has 0 saturated carbocycles. The van der Waals surface area contributed by atoms with E-state index < -0.39 is 10.0 Å². The molecule has 5 nitrogen and oxygen atoms in total. The summed E-state index contributed by atoms with van der Waals surface area (Å²) in [5.41, 5.74) is 3.49. The number of nitrogens with one attached hydrogen (secondary N) is 1. The van der Waals surface area contributed by atoms with Crippen molar-refractivity contribution in [3.63, 3.8) is 0 Å². The first kappa shape index (κ1) is 24.2. The number of carbonyl (C=O) groups is 1. The molecule has 3 aromatic carbocycles. The van der Waals surface area contributed by atoms with Crippen molar-refractivity contribution in [2.45, 2.75) is 37.0 Å². The van der Waals surface area contributed by atoms with Crippen molar-refractivity contribution in [1.29, 1.82) is 0 Å². The maximum absolute atomic E-state index is 12.9. The average Bonchev–Trinajstić information content (AvgIpc) is 2.88. The Morgan fingerprint density at radius 3 is 1.94 bits per heavy atom. The fourth-order valence-corrected chi connectivity index (χ4v) is 6.07. The van der Waals surface area contributed by atoms with E-state index in [2.05, 4.69) is 29.6 Å². The third-order valence-electron chi connectivity index (χ3n) is 6.62. The van der Waals surface area contributed by atoms with Gasteiger partial charge in [0.2, 0.25) is 15.9 Å². The second-order valence-corrected chi connectivity index (χ2v) is 10.9. The molecule has 6 heteroatoms. The lowest BCUT2D eigenvalue weighted by Crippen LogP contribution is -2.43. The molecular formula is C28H32N2O3S. The first-order chi connectivity index (χ1) is 16.4. The first-order valence-electron chi connectivity index (χ1n) is 11.9. The molecule has 1 heterocycles. The molecule has 178 valence electrons. The van der Waals surface area contributed by atoms with Gasteiger partial charge >= 0.3 is 0 Å². The smallest absolute Gasteiger partial charge is 0.243 e. The number of hydrogen-bond donors (Lipinski definition) is 1. The molecule has 0 bridgehead atoms. The van der Waals surface area contributed by atoms with E-state index in [0.717, 1.165) is 12.0 Å². The van der Waals surface area contributed by atoms with Crippen molar-refractivity contribution in [1.82, 2.24) is 9.62 Å². The monoisotopic (exact) mass is 476 g/mol. The van der Waals surface area contributed by atoms with Gasteiger partial charge in [0.25, 0.3) is 0 Å². The Kier molecular flexibility index (Phi) is 7.80. The summed E-state index contributed by atoms with van der Waals surface area (Å²) in [4.78, 5) is 13.2. The molecule has 0 spiro atoms. The van der Waals surface area contributed by atoms with E-state index in [0.29, 0.717) is 37.4 Å². The molecular weight excluding hydrogens is 444 g/mol. The van der Waals surface area contributed by atoms with Crippen LogP contribution in [0.25, 0.3) is 0 Å². The number of amides is 1. The fourth-order valence-electron chi connectivity index (χ4n) is 4.60. The Morgan fingerprint density at radius 2 is 1.41 bits per heavy atom. The highest BCUT2D eigenvalue weighted by Crippen LogP contribution is 2.28. The quantitative estimate of drug-likeness (QED) is 0.511. The molecule has 0 aliphatic carbocycles. The van der Waals surface area contributed by atoms with Crippen molar-refractivity contribution < 1.29 is 13.2 Å². The molecule has 3 aromatic rings. The van der Waals surface area contributed by atoms with Crippen LogP contribution in [-0.2, 0) is 14.8 Å². The minimum absolute atomic E-state index is 0.0206. The topological polar surface area (TPSA) is 66.5 Å². The van der Waals surface area contributed by atoms with Crippen LogP contribution in [0.5, 0.6) is 0 Å². The highest BCUT2D eigenvalue weighted by Gasteiger charge is 2.32. The van der Waals surface area contributed by atoms with Crippen molar-refractivity contribution in [3.8, 4) is 0 Å². The number of rotatable bonds is 8. The summed E-state index contributed by atoms with van der Waals surface area (Å²) in [6.45, 7) is 3.24. The Hall–Kier alpha value is -2.96. The van der Waals surface area contributed by atoms with Crippen molar-refractivity contribution in [2.24, 2.45) is 5.92 Å². The molecule has 0 aromatic heterocycles. The molecule has 1 aliphatic heterocycles. The number of nitrogens with zero attached hydrogens (tertiary/aromatic N) is 1. The minimum atomic E-state index is -3.52. The predicted molar refractivity (Wildman–Crippen MR) is 135 cm³/mol. The summed E-state index contributed by atoms with van der Waals surface area (Å²) in [6, 6.07) is 27.6. The summed E-state index contributed by atoms with van der Waals surface area (Å²) in [7, 11) is -3.52. The number of carbonyl (C=O) groups excluding carboxylic acids is 1. The lowest BCUT2D eigenvalue weighted by molar-refractivity contribution is -0.126. The normalized spacial score (nSPS) is 15.4. The summed E-state index contributed by atoms with van der Waals surface area (Å²) in [5, 5.41) is 3.11. The van der Waals surface area contributed by atoms with Crippen LogP contribution < -0.4 is 5.32 Å². The summed E-state index contributed by atoms with van der Waals surface area (Å²) in [6.07, 6.45) is 1.88. The van der Waals surface area contributed by atoms with Crippen LogP contribution in [0.15, 0.2) is 89.8 Å². The SMILES string of the molecule is Cc1ccc(S(=O)(=O)N2CCC(C(=O)NCCC(c3ccccc3)c3ccccc3)CC2)cc1. The van der Waals surface area contributed by atoms with Crippen molar-refractivity contribution >= 4 is 15.9 Å². The third-order valence-corrected chi connectivity index (χ3v) is 8.53. The van der Waals surface area contributed by atoms with Gasteiger partial charge in [0.15, 0.2) is 0 Å². The third kappa shape index (κ3) is 5.75. The van der Waals surface area contributed by atoms with Gasteiger partial charge in [-0.15, -0.1) is 0 Å². The second-order valence-electron chi connectivity index (χ2n) is 8.95. The van der Waals surface area contributed by atoms with Crippen LogP contribution in [0.2, 0.25) is 0 Å². The molecule has 1 N–H and O–H groups in total. The zero-order valence-corrected chi connectivity index (χ0v) is 20.4. The highest BCUT2D eigenvalue weighted by molar-refractivity contribution is 7.89. The fraction of sp³-hybridized carbons (Fsp3) is 0.321. The van der Waals surface area contributed by atoms with E-state index in [1.165, 1.54) is 15.4 Å². The van der Waals surface area contributed by atoms with E-state index in [-0.39, 0.29) is 17.7 Å². The van der Waals surface area contributed by atoms with Crippen molar-refractivity contribution in [3.05, 3.63) is 102 Å². The number of sulfonamides is 1. The van der Waals surface area contributed by atoms with Gasteiger partial charge in [0.05, 0.1) is 4.90 Å². The largest absolute Gasteiger partial charge is 0.356 e. The van der Waals surface area contributed by atoms with Gasteiger partial charge in [0.1, 0.15) is 0 Å². The van der Waals surface area contributed by atoms with Crippen LogP contribution in [0, 0.1) is 12.8 Å². The zero-order valence-electron chi connectivity index (χ0n) is 19.6. The molecule has 0 unspecified atom stereocenters. The summed E-state index contributed by atoms with van der Waals surface area (Å²) < 4.78 is 27.3. The maximum Gasteiger partial charge on any atom is 0.243 e. The number of aryl methyl sites for hydroxylation is 1. The highest BCUT2D eigenvalue weighted by atomic mass is 32.2. The number of piperidine rings is 1. The van der Waals surface area contributed by atoms with Crippen LogP contribution in [0.3, 0.4) is 0 Å². The lowest BCUT2D eigenvalue weighted by atomic mass is 9.88. The van der Waals surface area contributed by atoms with Crippen LogP contribution in [0.4, 0.5) is 0 Å². The van der Waals surface area contributed by atoms with Gasteiger partial charge in [-0.25, -0.2) is 8.42 Å². The van der Waals surface area contributed by atoms with Gasteiger partial charge < -0.3 is 5.32 Å². The number of benzene rings is 3. The standard InChI is InChI=1S/C28H32N2O3S/c1-22-12-14-26(15-13-22)34(32,33)30-20-17-25(18-21-30)28(31)29-19-16-27(23-8-4-2-5-9-23)24-10-6-3-7-11-24/h2-15,25,27H,16-21H2,1H3,(H,29,31). The Balaban J connectivity index is 1.31. The van der Waals surface area contributed by atoms with Crippen LogP contribution >= 0.6 is 0 Å². The molecule has 1 amide bonds.